The van der Waals surface area contributed by atoms with E-state index in [1.54, 1.807) is 6.92 Å². The molecule has 2 rings (SSSR count). The zero-order valence-corrected chi connectivity index (χ0v) is 13.9. The Bertz CT molecular complexity index is 477. The van der Waals surface area contributed by atoms with Crippen LogP contribution in [0.15, 0.2) is 30.3 Å². The van der Waals surface area contributed by atoms with Gasteiger partial charge in [0.1, 0.15) is 5.60 Å². The van der Waals surface area contributed by atoms with Gasteiger partial charge in [0.2, 0.25) is 5.91 Å². The molecule has 0 bridgehead atoms. The number of likely N-dealkylation sites (tertiary alicyclic amines) is 1. The molecule has 0 aliphatic carbocycles. The highest BCUT2D eigenvalue weighted by atomic mass is 16.3. The lowest BCUT2D eigenvalue weighted by Gasteiger charge is -2.34. The van der Waals surface area contributed by atoms with Crippen molar-refractivity contribution < 1.29 is 9.90 Å². The highest BCUT2D eigenvalue weighted by Crippen LogP contribution is 2.21. The van der Waals surface area contributed by atoms with Crippen molar-refractivity contribution in [3.8, 4) is 0 Å². The molecule has 1 atom stereocenters. The Hall–Kier alpha value is -1.39. The number of benzene rings is 1. The summed E-state index contributed by atoms with van der Waals surface area (Å²) in [7, 11) is 0. The fourth-order valence-electron chi connectivity index (χ4n) is 2.98. The Labute approximate surface area is 133 Å². The summed E-state index contributed by atoms with van der Waals surface area (Å²) in [5, 5.41) is 13.5. The molecule has 1 aliphatic rings. The second-order valence-electron chi connectivity index (χ2n) is 6.76. The molecule has 1 saturated heterocycles. The number of amides is 1. The minimum absolute atomic E-state index is 0.0691. The van der Waals surface area contributed by atoms with Crippen LogP contribution in [0.1, 0.15) is 39.2 Å². The molecule has 0 radical (unpaired) electrons. The van der Waals surface area contributed by atoms with Gasteiger partial charge < -0.3 is 15.3 Å². The molecule has 1 aromatic rings. The molecule has 4 heteroatoms. The van der Waals surface area contributed by atoms with Gasteiger partial charge in [-0.15, -0.1) is 0 Å². The molecule has 1 heterocycles. The maximum atomic E-state index is 12.3. The number of nitrogens with one attached hydrogen (secondary N) is 1. The lowest BCUT2D eigenvalue weighted by atomic mass is 9.93. The molecular formula is C18H28N2O2. The van der Waals surface area contributed by atoms with Crippen molar-refractivity contribution in [2.45, 2.75) is 45.3 Å². The third kappa shape index (κ3) is 4.31. The van der Waals surface area contributed by atoms with Crippen LogP contribution in [-0.4, -0.2) is 41.6 Å². The topological polar surface area (TPSA) is 52.6 Å². The number of aliphatic hydroxyl groups is 1. The fourth-order valence-corrected chi connectivity index (χ4v) is 2.98. The van der Waals surface area contributed by atoms with Gasteiger partial charge in [-0.25, -0.2) is 0 Å². The third-order valence-electron chi connectivity index (χ3n) is 4.63. The molecule has 122 valence electrons. The van der Waals surface area contributed by atoms with E-state index in [1.165, 1.54) is 0 Å². The molecule has 0 aromatic heterocycles. The Kier molecular flexibility index (Phi) is 5.59. The quantitative estimate of drug-likeness (QED) is 0.876. The summed E-state index contributed by atoms with van der Waals surface area (Å²) < 4.78 is 0. The van der Waals surface area contributed by atoms with Crippen LogP contribution in [-0.2, 0) is 10.4 Å². The van der Waals surface area contributed by atoms with Gasteiger partial charge in [0.05, 0.1) is 6.54 Å². The summed E-state index contributed by atoms with van der Waals surface area (Å²) in [6.07, 6.45) is 1.80. The normalized spacial score (nSPS) is 19.9. The lowest BCUT2D eigenvalue weighted by molar-refractivity contribution is -0.127. The minimum atomic E-state index is -1.03. The van der Waals surface area contributed by atoms with Gasteiger partial charge in [-0.1, -0.05) is 30.3 Å². The first kappa shape index (κ1) is 17.0. The van der Waals surface area contributed by atoms with E-state index in [4.69, 9.17) is 0 Å². The number of hydrogen-bond acceptors (Lipinski definition) is 3. The maximum absolute atomic E-state index is 12.3. The van der Waals surface area contributed by atoms with Crippen LogP contribution in [0.4, 0.5) is 0 Å². The molecule has 1 fully saturated rings. The average molecular weight is 304 g/mol. The van der Waals surface area contributed by atoms with E-state index in [0.717, 1.165) is 31.5 Å². The smallest absolute Gasteiger partial charge is 0.223 e. The maximum Gasteiger partial charge on any atom is 0.223 e. The van der Waals surface area contributed by atoms with Gasteiger partial charge in [0.15, 0.2) is 0 Å². The van der Waals surface area contributed by atoms with Gasteiger partial charge in [-0.2, -0.15) is 0 Å². The van der Waals surface area contributed by atoms with Gasteiger partial charge in [-0.05, 0) is 52.3 Å². The van der Waals surface area contributed by atoms with Crippen LogP contribution in [0.3, 0.4) is 0 Å². The standard InChI is InChI=1S/C18H28N2O2/c1-14(2)20-11-9-15(10-12-20)17(21)19-13-18(3,22)16-7-5-4-6-8-16/h4-8,14-15,22H,9-13H2,1-3H3,(H,19,21). The third-order valence-corrected chi connectivity index (χ3v) is 4.63. The van der Waals surface area contributed by atoms with Crippen LogP contribution in [0.2, 0.25) is 0 Å². The highest BCUT2D eigenvalue weighted by Gasteiger charge is 2.28. The van der Waals surface area contributed by atoms with E-state index >= 15 is 0 Å². The molecule has 1 amide bonds. The van der Waals surface area contributed by atoms with Crippen molar-refractivity contribution >= 4 is 5.91 Å². The molecular weight excluding hydrogens is 276 g/mol. The van der Waals surface area contributed by atoms with E-state index in [2.05, 4.69) is 24.1 Å². The monoisotopic (exact) mass is 304 g/mol. The van der Waals surface area contributed by atoms with E-state index in [0.29, 0.717) is 6.04 Å². The Morgan fingerprint density at radius 3 is 2.45 bits per heavy atom. The van der Waals surface area contributed by atoms with Crippen molar-refractivity contribution in [2.75, 3.05) is 19.6 Å². The summed E-state index contributed by atoms with van der Waals surface area (Å²) in [5.41, 5.74) is -0.208. The number of hydrogen-bond donors (Lipinski definition) is 2. The van der Waals surface area contributed by atoms with E-state index < -0.39 is 5.60 Å². The molecule has 4 nitrogen and oxygen atoms in total. The molecule has 0 spiro atoms. The largest absolute Gasteiger partial charge is 0.384 e. The van der Waals surface area contributed by atoms with Crippen LogP contribution >= 0.6 is 0 Å². The molecule has 2 N–H and O–H groups in total. The second-order valence-corrected chi connectivity index (χ2v) is 6.76. The molecule has 1 unspecified atom stereocenters. The summed E-state index contributed by atoms with van der Waals surface area (Å²) in [5.74, 6) is 0.140. The van der Waals surface area contributed by atoms with Crippen LogP contribution in [0.25, 0.3) is 0 Å². The zero-order chi connectivity index (χ0) is 16.2. The Morgan fingerprint density at radius 1 is 1.32 bits per heavy atom. The van der Waals surface area contributed by atoms with E-state index in [-0.39, 0.29) is 18.4 Å². The lowest BCUT2D eigenvalue weighted by Crippen LogP contribution is -2.45. The molecule has 1 aliphatic heterocycles. The minimum Gasteiger partial charge on any atom is -0.384 e. The zero-order valence-electron chi connectivity index (χ0n) is 13.9. The second kappa shape index (κ2) is 7.25. The first-order valence-electron chi connectivity index (χ1n) is 8.20. The number of nitrogens with zero attached hydrogens (tertiary/aromatic N) is 1. The highest BCUT2D eigenvalue weighted by molar-refractivity contribution is 5.78. The van der Waals surface area contributed by atoms with E-state index in [9.17, 15) is 9.90 Å². The van der Waals surface area contributed by atoms with Crippen molar-refractivity contribution in [1.29, 1.82) is 0 Å². The average Bonchev–Trinajstić information content (AvgIpc) is 2.53. The number of piperidine rings is 1. The number of rotatable bonds is 5. The first-order valence-corrected chi connectivity index (χ1v) is 8.20. The van der Waals surface area contributed by atoms with E-state index in [1.807, 2.05) is 30.3 Å². The van der Waals surface area contributed by atoms with Gasteiger partial charge in [-0.3, -0.25) is 4.79 Å². The van der Waals surface area contributed by atoms with Crippen molar-refractivity contribution in [2.24, 2.45) is 5.92 Å². The fraction of sp³-hybridized carbons (Fsp3) is 0.611. The predicted octanol–water partition coefficient (Wildman–Crippen LogP) is 2.13. The van der Waals surface area contributed by atoms with Crippen LogP contribution in [0, 0.1) is 5.92 Å². The Morgan fingerprint density at radius 2 is 1.91 bits per heavy atom. The van der Waals surface area contributed by atoms with Crippen molar-refractivity contribution in [3.63, 3.8) is 0 Å². The van der Waals surface area contributed by atoms with Gasteiger partial charge in [0.25, 0.3) is 0 Å². The first-order chi connectivity index (χ1) is 10.4. The van der Waals surface area contributed by atoms with Crippen LogP contribution < -0.4 is 5.32 Å². The van der Waals surface area contributed by atoms with Crippen molar-refractivity contribution in [1.82, 2.24) is 10.2 Å². The molecule has 1 aromatic carbocycles. The van der Waals surface area contributed by atoms with Gasteiger partial charge in [0, 0.05) is 12.0 Å². The van der Waals surface area contributed by atoms with Crippen LogP contribution in [0.5, 0.6) is 0 Å². The molecule has 22 heavy (non-hydrogen) atoms. The number of carbonyl (C=O) groups is 1. The predicted molar refractivity (Wildman–Crippen MR) is 88.5 cm³/mol. The summed E-state index contributed by atoms with van der Waals surface area (Å²) in [6, 6.07) is 10.0. The molecule has 0 saturated carbocycles. The van der Waals surface area contributed by atoms with Gasteiger partial charge >= 0.3 is 0 Å². The summed E-state index contributed by atoms with van der Waals surface area (Å²) in [6.45, 7) is 8.33. The summed E-state index contributed by atoms with van der Waals surface area (Å²) >= 11 is 0. The SMILES string of the molecule is CC(C)N1CCC(C(=O)NCC(C)(O)c2ccccc2)CC1. The number of carbonyl (C=O) groups excluding carboxylic acids is 1. The summed E-state index contributed by atoms with van der Waals surface area (Å²) in [4.78, 5) is 14.7. The van der Waals surface area contributed by atoms with Crippen molar-refractivity contribution in [3.05, 3.63) is 35.9 Å². The Balaban J connectivity index is 1.83.